The van der Waals surface area contributed by atoms with Crippen molar-refractivity contribution in [1.29, 1.82) is 0 Å². The summed E-state index contributed by atoms with van der Waals surface area (Å²) < 4.78 is 5.06. The van der Waals surface area contributed by atoms with Crippen molar-refractivity contribution in [2.75, 3.05) is 13.1 Å². The maximum Gasteiger partial charge on any atom is 0.328 e. The van der Waals surface area contributed by atoms with E-state index in [1.807, 2.05) is 18.2 Å². The molecule has 0 atom stereocenters. The van der Waals surface area contributed by atoms with Gasteiger partial charge in [-0.25, -0.2) is 4.79 Å². The lowest BCUT2D eigenvalue weighted by Gasteiger charge is -2.31. The monoisotopic (exact) mass is 384 g/mol. The van der Waals surface area contributed by atoms with Crippen molar-refractivity contribution >= 4 is 28.5 Å². The molecule has 1 saturated heterocycles. The minimum Gasteiger partial charge on any atom is -0.338 e. The average Bonchev–Trinajstić information content (AvgIpc) is 3.11. The summed E-state index contributed by atoms with van der Waals surface area (Å²) in [4.78, 5) is 41.7. The zero-order valence-electron chi connectivity index (χ0n) is 15.0. The number of fused-ring (bicyclic) bond motifs is 1. The Kier molecular flexibility index (Phi) is 4.65. The second-order valence-electron chi connectivity index (χ2n) is 6.95. The van der Waals surface area contributed by atoms with Crippen molar-refractivity contribution in [2.24, 2.45) is 13.0 Å². The summed E-state index contributed by atoms with van der Waals surface area (Å²) in [5, 5.41) is 0. The molecule has 0 unspecified atom stereocenters. The SMILES string of the molecule is Cn1c(=O)[nH]c2c(C(=O)N3CCC(Cc4ccccc4)CC3)snc2c1=O. The number of hydrogen-bond donors (Lipinski definition) is 1. The number of nitrogens with zero attached hydrogens (tertiary/aromatic N) is 3. The molecule has 1 aromatic carbocycles. The third-order valence-electron chi connectivity index (χ3n) is 5.20. The molecular formula is C19H20N4O3S. The molecule has 7 nitrogen and oxygen atoms in total. The van der Waals surface area contributed by atoms with Gasteiger partial charge in [0.1, 0.15) is 4.88 Å². The number of likely N-dealkylation sites (tertiary alicyclic amines) is 1. The topological polar surface area (TPSA) is 88.1 Å². The third kappa shape index (κ3) is 3.32. The van der Waals surface area contributed by atoms with E-state index in [1.165, 1.54) is 12.6 Å². The minimum atomic E-state index is -0.539. The first-order valence-electron chi connectivity index (χ1n) is 8.96. The Morgan fingerprint density at radius 1 is 1.22 bits per heavy atom. The fraction of sp³-hybridized carbons (Fsp3) is 0.368. The highest BCUT2D eigenvalue weighted by atomic mass is 32.1. The summed E-state index contributed by atoms with van der Waals surface area (Å²) in [5.74, 6) is 0.395. The van der Waals surface area contributed by atoms with E-state index in [4.69, 9.17) is 0 Å². The maximum absolute atomic E-state index is 12.9. The minimum absolute atomic E-state index is 0.143. The Morgan fingerprint density at radius 2 is 1.93 bits per heavy atom. The van der Waals surface area contributed by atoms with E-state index < -0.39 is 11.2 Å². The zero-order valence-corrected chi connectivity index (χ0v) is 15.8. The molecule has 4 rings (SSSR count). The van der Waals surface area contributed by atoms with Crippen LogP contribution in [0.15, 0.2) is 39.9 Å². The average molecular weight is 384 g/mol. The molecular weight excluding hydrogens is 364 g/mol. The van der Waals surface area contributed by atoms with Crippen LogP contribution in [0.1, 0.15) is 28.1 Å². The summed E-state index contributed by atoms with van der Waals surface area (Å²) in [6, 6.07) is 10.4. The first-order valence-corrected chi connectivity index (χ1v) is 9.74. The van der Waals surface area contributed by atoms with E-state index in [1.54, 1.807) is 4.90 Å². The van der Waals surface area contributed by atoms with E-state index in [0.29, 0.717) is 23.9 Å². The van der Waals surface area contributed by atoms with Crippen LogP contribution in [0.3, 0.4) is 0 Å². The fourth-order valence-corrected chi connectivity index (χ4v) is 4.37. The standard InChI is InChI=1S/C19H20N4O3S/c1-22-17(24)15-14(20-19(22)26)16(27-21-15)18(25)23-9-7-13(8-10-23)11-12-5-3-2-4-6-12/h2-6,13H,7-11H2,1H3,(H,20,26). The number of benzene rings is 1. The quantitative estimate of drug-likeness (QED) is 0.746. The maximum atomic E-state index is 12.9. The van der Waals surface area contributed by atoms with Crippen molar-refractivity contribution in [3.05, 3.63) is 61.6 Å². The summed E-state index contributed by atoms with van der Waals surface area (Å²) in [6.07, 6.45) is 2.90. The largest absolute Gasteiger partial charge is 0.338 e. The van der Waals surface area contributed by atoms with Crippen molar-refractivity contribution < 1.29 is 4.79 Å². The summed E-state index contributed by atoms with van der Waals surface area (Å²) in [5.41, 5.74) is 0.701. The smallest absolute Gasteiger partial charge is 0.328 e. The predicted molar refractivity (Wildman–Crippen MR) is 104 cm³/mol. The lowest BCUT2D eigenvalue weighted by Crippen LogP contribution is -2.39. The van der Waals surface area contributed by atoms with Crippen molar-refractivity contribution in [1.82, 2.24) is 18.8 Å². The fourth-order valence-electron chi connectivity index (χ4n) is 3.57. The van der Waals surface area contributed by atoms with Gasteiger partial charge in [0.05, 0.1) is 5.52 Å². The van der Waals surface area contributed by atoms with Crippen LogP contribution in [0.25, 0.3) is 11.0 Å². The predicted octanol–water partition coefficient (Wildman–Crippen LogP) is 1.78. The Bertz CT molecular complexity index is 1090. The van der Waals surface area contributed by atoms with Gasteiger partial charge >= 0.3 is 5.69 Å². The number of carbonyl (C=O) groups is 1. The first kappa shape index (κ1) is 17.7. The molecule has 8 heteroatoms. The Morgan fingerprint density at radius 3 is 2.63 bits per heavy atom. The van der Waals surface area contributed by atoms with E-state index in [9.17, 15) is 14.4 Å². The van der Waals surface area contributed by atoms with Gasteiger partial charge < -0.3 is 9.88 Å². The zero-order chi connectivity index (χ0) is 19.0. The number of piperidine rings is 1. The highest BCUT2D eigenvalue weighted by Crippen LogP contribution is 2.25. The van der Waals surface area contributed by atoms with Gasteiger partial charge in [-0.2, -0.15) is 4.37 Å². The molecule has 140 valence electrons. The summed E-state index contributed by atoms with van der Waals surface area (Å²) in [6.45, 7) is 1.34. The van der Waals surface area contributed by atoms with Gasteiger partial charge in [-0.05, 0) is 42.3 Å². The van der Waals surface area contributed by atoms with Gasteiger partial charge in [-0.15, -0.1) is 0 Å². The molecule has 0 radical (unpaired) electrons. The van der Waals surface area contributed by atoms with Crippen LogP contribution in [0.2, 0.25) is 0 Å². The molecule has 1 N–H and O–H groups in total. The van der Waals surface area contributed by atoms with E-state index >= 15 is 0 Å². The highest BCUT2D eigenvalue weighted by Gasteiger charge is 2.27. The Hall–Kier alpha value is -2.74. The Balaban J connectivity index is 1.49. The molecule has 0 aliphatic carbocycles. The third-order valence-corrected chi connectivity index (χ3v) is 6.03. The van der Waals surface area contributed by atoms with E-state index in [-0.39, 0.29) is 16.9 Å². The normalized spacial score (nSPS) is 15.4. The number of aromatic amines is 1. The first-order chi connectivity index (χ1) is 13.0. The van der Waals surface area contributed by atoms with Gasteiger partial charge in [-0.3, -0.25) is 14.2 Å². The van der Waals surface area contributed by atoms with Gasteiger partial charge in [0, 0.05) is 20.1 Å². The molecule has 0 bridgehead atoms. The van der Waals surface area contributed by atoms with Crippen molar-refractivity contribution in [2.45, 2.75) is 19.3 Å². The Labute approximate surface area is 159 Å². The van der Waals surface area contributed by atoms with Crippen LogP contribution in [0.5, 0.6) is 0 Å². The number of H-pyrrole nitrogens is 1. The lowest BCUT2D eigenvalue weighted by atomic mass is 9.90. The lowest BCUT2D eigenvalue weighted by molar-refractivity contribution is 0.0697. The number of rotatable bonds is 3. The van der Waals surface area contributed by atoms with Crippen LogP contribution in [0.4, 0.5) is 0 Å². The molecule has 1 amide bonds. The molecule has 1 aliphatic rings. The van der Waals surface area contributed by atoms with Gasteiger partial charge in [0.15, 0.2) is 5.52 Å². The molecule has 3 aromatic rings. The van der Waals surface area contributed by atoms with Gasteiger partial charge in [0.25, 0.3) is 11.5 Å². The number of aromatic nitrogens is 3. The highest BCUT2D eigenvalue weighted by molar-refractivity contribution is 7.09. The molecule has 27 heavy (non-hydrogen) atoms. The van der Waals surface area contributed by atoms with Crippen molar-refractivity contribution in [3.63, 3.8) is 0 Å². The van der Waals surface area contributed by atoms with Gasteiger partial charge in [-0.1, -0.05) is 30.3 Å². The molecule has 1 aliphatic heterocycles. The number of carbonyl (C=O) groups excluding carboxylic acids is 1. The molecule has 0 saturated carbocycles. The summed E-state index contributed by atoms with van der Waals surface area (Å²) in [7, 11) is 1.39. The van der Waals surface area contributed by atoms with Crippen LogP contribution in [-0.2, 0) is 13.5 Å². The number of amides is 1. The number of hydrogen-bond acceptors (Lipinski definition) is 5. The second-order valence-corrected chi connectivity index (χ2v) is 7.73. The van der Waals surface area contributed by atoms with Crippen molar-refractivity contribution in [3.8, 4) is 0 Å². The van der Waals surface area contributed by atoms with E-state index in [2.05, 4.69) is 21.5 Å². The molecule has 2 aromatic heterocycles. The van der Waals surface area contributed by atoms with Crippen LogP contribution >= 0.6 is 11.5 Å². The molecule has 1 fully saturated rings. The van der Waals surface area contributed by atoms with Gasteiger partial charge in [0.2, 0.25) is 0 Å². The van der Waals surface area contributed by atoms with Crippen LogP contribution < -0.4 is 11.2 Å². The summed E-state index contributed by atoms with van der Waals surface area (Å²) >= 11 is 0.975. The molecule has 3 heterocycles. The second kappa shape index (κ2) is 7.11. The number of nitrogens with one attached hydrogen (secondary N) is 1. The molecule has 0 spiro atoms. The van der Waals surface area contributed by atoms with Crippen LogP contribution in [0, 0.1) is 5.92 Å². The van der Waals surface area contributed by atoms with E-state index in [0.717, 1.165) is 35.4 Å². The van der Waals surface area contributed by atoms with Crippen LogP contribution in [-0.4, -0.2) is 37.8 Å².